The highest BCUT2D eigenvalue weighted by atomic mass is 32.1. The maximum absolute atomic E-state index is 4.52. The predicted molar refractivity (Wildman–Crippen MR) is 78.8 cm³/mol. The van der Waals surface area contributed by atoms with Gasteiger partial charge in [-0.05, 0) is 30.4 Å². The maximum atomic E-state index is 4.52. The Hall–Kier alpha value is -1.53. The minimum atomic E-state index is 0.618. The van der Waals surface area contributed by atoms with Crippen molar-refractivity contribution in [1.82, 2.24) is 13.7 Å². The largest absolute Gasteiger partial charge is 0.355 e. The van der Waals surface area contributed by atoms with Gasteiger partial charge in [0, 0.05) is 22.8 Å². The predicted octanol–water partition coefficient (Wildman–Crippen LogP) is 3.64. The molecule has 2 aromatic heterocycles. The molecular formula is C13H12N4S2. The normalized spacial score (nSPS) is 14.9. The van der Waals surface area contributed by atoms with Gasteiger partial charge < -0.3 is 5.32 Å². The molecule has 0 bridgehead atoms. The number of nitrogens with zero attached hydrogens (tertiary/aromatic N) is 3. The lowest BCUT2D eigenvalue weighted by atomic mass is 10.2. The molecular weight excluding hydrogens is 276 g/mol. The first-order valence-electron chi connectivity index (χ1n) is 6.31. The van der Waals surface area contributed by atoms with Crippen molar-refractivity contribution < 1.29 is 0 Å². The van der Waals surface area contributed by atoms with Crippen LogP contribution in [0, 0.1) is 0 Å². The van der Waals surface area contributed by atoms with Gasteiger partial charge in [0.25, 0.3) is 0 Å². The van der Waals surface area contributed by atoms with Gasteiger partial charge in [0.05, 0.1) is 16.9 Å². The van der Waals surface area contributed by atoms with E-state index in [1.54, 1.807) is 11.5 Å². The highest BCUT2D eigenvalue weighted by molar-refractivity contribution is 7.13. The molecule has 0 spiro atoms. The van der Waals surface area contributed by atoms with Crippen LogP contribution in [0.5, 0.6) is 0 Å². The quantitative estimate of drug-likeness (QED) is 0.796. The molecule has 0 unspecified atom stereocenters. The summed E-state index contributed by atoms with van der Waals surface area (Å²) in [5.41, 5.74) is 1.09. The fraction of sp³-hybridized carbons (Fsp3) is 0.308. The number of nitrogens with one attached hydrogen (secondary N) is 1. The van der Waals surface area contributed by atoms with E-state index in [4.69, 9.17) is 0 Å². The number of rotatable bonds is 4. The summed E-state index contributed by atoms with van der Waals surface area (Å²) < 4.78 is 10.1. The molecule has 4 nitrogen and oxygen atoms in total. The standard InChI is InChI=1S/C13H12N4S2/c1-2-4-11-9(3-1)10(16-18-11)7-14-13-15-12(17-19-13)8-5-6-8/h1-4,8H,5-7H2,(H,14,15,17). The fourth-order valence-corrected chi connectivity index (χ4v) is 3.47. The van der Waals surface area contributed by atoms with Crippen LogP contribution in [0.2, 0.25) is 0 Å². The molecule has 0 amide bonds. The Morgan fingerprint density at radius 1 is 1.16 bits per heavy atom. The van der Waals surface area contributed by atoms with Crippen molar-refractivity contribution in [2.24, 2.45) is 0 Å². The van der Waals surface area contributed by atoms with Gasteiger partial charge in [-0.15, -0.1) is 0 Å². The first kappa shape index (κ1) is 11.3. The van der Waals surface area contributed by atoms with Crippen LogP contribution in [0.1, 0.15) is 30.3 Å². The lowest BCUT2D eigenvalue weighted by Gasteiger charge is -1.99. The van der Waals surface area contributed by atoms with Crippen molar-refractivity contribution in [1.29, 1.82) is 0 Å². The van der Waals surface area contributed by atoms with E-state index >= 15 is 0 Å². The van der Waals surface area contributed by atoms with Crippen LogP contribution in [-0.4, -0.2) is 13.7 Å². The van der Waals surface area contributed by atoms with E-state index in [1.807, 2.05) is 6.07 Å². The van der Waals surface area contributed by atoms with E-state index in [-0.39, 0.29) is 0 Å². The Balaban J connectivity index is 1.51. The summed E-state index contributed by atoms with van der Waals surface area (Å²) in [6.07, 6.45) is 2.49. The van der Waals surface area contributed by atoms with E-state index in [2.05, 4.69) is 37.2 Å². The molecule has 6 heteroatoms. The topological polar surface area (TPSA) is 50.7 Å². The van der Waals surface area contributed by atoms with Crippen molar-refractivity contribution in [3.63, 3.8) is 0 Å². The van der Waals surface area contributed by atoms with Crippen LogP contribution in [0.25, 0.3) is 10.1 Å². The molecule has 1 saturated carbocycles. The van der Waals surface area contributed by atoms with Crippen LogP contribution in [0.4, 0.5) is 5.13 Å². The second-order valence-electron chi connectivity index (χ2n) is 4.71. The van der Waals surface area contributed by atoms with E-state index < -0.39 is 0 Å². The van der Waals surface area contributed by atoms with Gasteiger partial charge in [0.1, 0.15) is 5.82 Å². The Morgan fingerprint density at radius 2 is 2.05 bits per heavy atom. The molecule has 19 heavy (non-hydrogen) atoms. The number of fused-ring (bicyclic) bond motifs is 1. The van der Waals surface area contributed by atoms with Gasteiger partial charge >= 0.3 is 0 Å². The van der Waals surface area contributed by atoms with Crippen molar-refractivity contribution in [3.05, 3.63) is 35.8 Å². The number of hydrogen-bond acceptors (Lipinski definition) is 6. The second kappa shape index (κ2) is 4.54. The third-order valence-electron chi connectivity index (χ3n) is 3.24. The van der Waals surface area contributed by atoms with Crippen LogP contribution in [0.15, 0.2) is 24.3 Å². The summed E-state index contributed by atoms with van der Waals surface area (Å²) in [4.78, 5) is 4.52. The SMILES string of the molecule is c1ccc2c(CNc3nc(C4CC4)ns3)nsc2c1. The van der Waals surface area contributed by atoms with Crippen molar-refractivity contribution in [3.8, 4) is 0 Å². The summed E-state index contributed by atoms with van der Waals surface area (Å²) in [5.74, 6) is 1.63. The first-order valence-corrected chi connectivity index (χ1v) is 7.85. The van der Waals surface area contributed by atoms with E-state index in [0.717, 1.165) is 16.6 Å². The molecule has 1 aliphatic carbocycles. The van der Waals surface area contributed by atoms with Crippen molar-refractivity contribution in [2.75, 3.05) is 5.32 Å². The average molecular weight is 288 g/mol. The van der Waals surface area contributed by atoms with Crippen LogP contribution >= 0.6 is 23.1 Å². The lowest BCUT2D eigenvalue weighted by Crippen LogP contribution is -1.99. The third-order valence-corrected chi connectivity index (χ3v) is 4.79. The van der Waals surface area contributed by atoms with Crippen LogP contribution < -0.4 is 5.32 Å². The molecule has 0 atom stereocenters. The minimum absolute atomic E-state index is 0.618. The Kier molecular flexibility index (Phi) is 2.70. The fourth-order valence-electron chi connectivity index (χ4n) is 2.04. The molecule has 2 heterocycles. The zero-order valence-corrected chi connectivity index (χ0v) is 11.8. The average Bonchev–Trinajstić information content (AvgIpc) is 3.05. The minimum Gasteiger partial charge on any atom is -0.355 e. The number of benzene rings is 1. The Bertz CT molecular complexity index is 714. The summed E-state index contributed by atoms with van der Waals surface area (Å²) in [6, 6.07) is 8.32. The molecule has 1 fully saturated rings. The Labute approximate surface area is 118 Å². The van der Waals surface area contributed by atoms with E-state index in [9.17, 15) is 0 Å². The molecule has 1 aromatic carbocycles. The van der Waals surface area contributed by atoms with Gasteiger partial charge in [-0.25, -0.2) is 4.98 Å². The van der Waals surface area contributed by atoms with Crippen molar-refractivity contribution in [2.45, 2.75) is 25.3 Å². The summed E-state index contributed by atoms with van der Waals surface area (Å²) >= 11 is 3.00. The number of aromatic nitrogens is 3. The lowest BCUT2D eigenvalue weighted by molar-refractivity contribution is 0.978. The van der Waals surface area contributed by atoms with E-state index in [1.165, 1.54) is 34.5 Å². The van der Waals surface area contributed by atoms with Gasteiger partial charge in [0.15, 0.2) is 0 Å². The van der Waals surface area contributed by atoms with Gasteiger partial charge in [0.2, 0.25) is 5.13 Å². The van der Waals surface area contributed by atoms with E-state index in [0.29, 0.717) is 12.5 Å². The van der Waals surface area contributed by atoms with Crippen molar-refractivity contribution >= 4 is 38.3 Å². The molecule has 0 radical (unpaired) electrons. The molecule has 0 aliphatic heterocycles. The van der Waals surface area contributed by atoms with Gasteiger partial charge in [-0.1, -0.05) is 18.2 Å². The molecule has 0 saturated heterocycles. The third kappa shape index (κ3) is 2.21. The highest BCUT2D eigenvalue weighted by Gasteiger charge is 2.27. The van der Waals surface area contributed by atoms with Gasteiger partial charge in [-0.3, -0.25) is 0 Å². The van der Waals surface area contributed by atoms with Crippen LogP contribution in [0.3, 0.4) is 0 Å². The maximum Gasteiger partial charge on any atom is 0.202 e. The molecule has 96 valence electrons. The molecule has 1 N–H and O–H groups in total. The number of hydrogen-bond donors (Lipinski definition) is 1. The summed E-state index contributed by atoms with van der Waals surface area (Å²) in [7, 11) is 0. The first-order chi connectivity index (χ1) is 9.40. The molecule has 1 aliphatic rings. The van der Waals surface area contributed by atoms with Crippen LogP contribution in [-0.2, 0) is 6.54 Å². The highest BCUT2D eigenvalue weighted by Crippen LogP contribution is 2.39. The second-order valence-corrected chi connectivity index (χ2v) is 6.27. The van der Waals surface area contributed by atoms with Gasteiger partial charge in [-0.2, -0.15) is 8.75 Å². The zero-order chi connectivity index (χ0) is 12.7. The summed E-state index contributed by atoms with van der Waals surface area (Å²) in [5, 5.41) is 5.46. The number of anilines is 1. The monoisotopic (exact) mass is 288 g/mol. The molecule has 4 rings (SSSR count). The molecule has 3 aromatic rings. The Morgan fingerprint density at radius 3 is 2.95 bits per heavy atom. The zero-order valence-electron chi connectivity index (χ0n) is 10.2. The summed E-state index contributed by atoms with van der Waals surface area (Å²) in [6.45, 7) is 0.712. The smallest absolute Gasteiger partial charge is 0.202 e.